The van der Waals surface area contributed by atoms with E-state index < -0.39 is 11.5 Å². The van der Waals surface area contributed by atoms with Gasteiger partial charge >= 0.3 is 5.97 Å². The topological polar surface area (TPSA) is 57.6 Å². The van der Waals surface area contributed by atoms with Gasteiger partial charge in [0.25, 0.3) is 0 Å². The molecule has 1 aliphatic heterocycles. The predicted octanol–water partition coefficient (Wildman–Crippen LogP) is 3.45. The van der Waals surface area contributed by atoms with E-state index in [1.165, 1.54) is 0 Å². The molecular weight excluding hydrogens is 254 g/mol. The van der Waals surface area contributed by atoms with Crippen LogP contribution in [0.25, 0.3) is 0 Å². The highest BCUT2D eigenvalue weighted by atomic mass is 16.4. The van der Waals surface area contributed by atoms with Crippen LogP contribution in [0.2, 0.25) is 0 Å². The van der Waals surface area contributed by atoms with Crippen LogP contribution in [0.5, 0.6) is 0 Å². The molecule has 0 spiro atoms. The molecular formula is C16H29NO3. The van der Waals surface area contributed by atoms with E-state index in [2.05, 4.69) is 13.8 Å². The fourth-order valence-electron chi connectivity index (χ4n) is 3.51. The first-order chi connectivity index (χ1) is 9.53. The molecule has 4 heteroatoms. The lowest BCUT2D eigenvalue weighted by Gasteiger charge is -2.37. The first-order valence-electron chi connectivity index (χ1n) is 8.08. The molecule has 1 heterocycles. The summed E-state index contributed by atoms with van der Waals surface area (Å²) in [6.07, 6.45) is 6.45. The Bertz CT molecular complexity index is 337. The number of carboxylic acid groups (broad SMARTS) is 1. The van der Waals surface area contributed by atoms with E-state index in [-0.39, 0.29) is 11.8 Å². The van der Waals surface area contributed by atoms with Crippen molar-refractivity contribution in [1.29, 1.82) is 0 Å². The van der Waals surface area contributed by atoms with E-state index >= 15 is 0 Å². The molecule has 1 unspecified atom stereocenters. The maximum Gasteiger partial charge on any atom is 0.329 e. The van der Waals surface area contributed by atoms with Gasteiger partial charge in [-0.3, -0.25) is 4.79 Å². The Kier molecular flexibility index (Phi) is 6.50. The Morgan fingerprint density at radius 3 is 2.20 bits per heavy atom. The van der Waals surface area contributed by atoms with Crippen LogP contribution in [0, 0.1) is 5.92 Å². The Hall–Kier alpha value is -1.06. The third-order valence-electron chi connectivity index (χ3n) is 4.44. The highest BCUT2D eigenvalue weighted by Gasteiger charge is 2.49. The fraction of sp³-hybridized carbons (Fsp3) is 0.875. The molecule has 0 saturated carbocycles. The molecule has 20 heavy (non-hydrogen) atoms. The molecule has 0 radical (unpaired) electrons. The number of carbonyl (C=O) groups is 2. The van der Waals surface area contributed by atoms with Crippen molar-refractivity contribution in [2.45, 2.75) is 77.7 Å². The van der Waals surface area contributed by atoms with Crippen LogP contribution >= 0.6 is 0 Å². The Morgan fingerprint density at radius 2 is 1.75 bits per heavy atom. The number of carboxylic acids is 1. The van der Waals surface area contributed by atoms with E-state index in [0.717, 1.165) is 38.5 Å². The lowest BCUT2D eigenvalue weighted by atomic mass is 9.88. The standard InChI is InChI=1S/C16H29NO3/c1-4-8-13(9-5-2)14(18)17-12-7-11-16(17,10-6-3)15(19)20/h13H,4-12H2,1-3H3,(H,19,20). The summed E-state index contributed by atoms with van der Waals surface area (Å²) < 4.78 is 0. The van der Waals surface area contributed by atoms with Gasteiger partial charge in [-0.15, -0.1) is 0 Å². The fourth-order valence-corrected chi connectivity index (χ4v) is 3.51. The average molecular weight is 283 g/mol. The normalized spacial score (nSPS) is 22.5. The van der Waals surface area contributed by atoms with E-state index in [9.17, 15) is 14.7 Å². The van der Waals surface area contributed by atoms with E-state index in [4.69, 9.17) is 0 Å². The molecule has 0 aliphatic carbocycles. The molecule has 1 amide bonds. The van der Waals surface area contributed by atoms with E-state index in [1.54, 1.807) is 4.90 Å². The van der Waals surface area contributed by atoms with Gasteiger partial charge in [0.15, 0.2) is 0 Å². The molecule has 1 N–H and O–H groups in total. The number of carbonyl (C=O) groups excluding carboxylic acids is 1. The van der Waals surface area contributed by atoms with Crippen molar-refractivity contribution in [1.82, 2.24) is 4.90 Å². The Balaban J connectivity index is 2.95. The highest BCUT2D eigenvalue weighted by molar-refractivity contribution is 5.88. The summed E-state index contributed by atoms with van der Waals surface area (Å²) in [5.41, 5.74) is -0.939. The number of rotatable bonds is 8. The number of likely N-dealkylation sites (tertiary alicyclic amines) is 1. The van der Waals surface area contributed by atoms with Crippen LogP contribution in [0.15, 0.2) is 0 Å². The number of hydrogen-bond acceptors (Lipinski definition) is 2. The molecule has 1 atom stereocenters. The van der Waals surface area contributed by atoms with Gasteiger partial charge in [-0.05, 0) is 32.1 Å². The summed E-state index contributed by atoms with van der Waals surface area (Å²) >= 11 is 0. The summed E-state index contributed by atoms with van der Waals surface area (Å²) in [7, 11) is 0. The summed E-state index contributed by atoms with van der Waals surface area (Å²) in [5, 5.41) is 9.66. The van der Waals surface area contributed by atoms with Gasteiger partial charge in [0.05, 0.1) is 0 Å². The molecule has 0 bridgehead atoms. The van der Waals surface area contributed by atoms with Crippen molar-refractivity contribution >= 4 is 11.9 Å². The van der Waals surface area contributed by atoms with Gasteiger partial charge in [-0.2, -0.15) is 0 Å². The first-order valence-corrected chi connectivity index (χ1v) is 8.08. The Labute approximate surface area is 122 Å². The minimum Gasteiger partial charge on any atom is -0.479 e. The van der Waals surface area contributed by atoms with Crippen molar-refractivity contribution in [2.24, 2.45) is 5.92 Å². The number of nitrogens with zero attached hydrogens (tertiary/aromatic N) is 1. The molecule has 0 aromatic carbocycles. The third-order valence-corrected chi connectivity index (χ3v) is 4.44. The summed E-state index contributed by atoms with van der Waals surface area (Å²) in [5.74, 6) is -0.752. The molecule has 1 fully saturated rings. The van der Waals surface area contributed by atoms with Crippen molar-refractivity contribution in [2.75, 3.05) is 6.54 Å². The van der Waals surface area contributed by atoms with Crippen LogP contribution < -0.4 is 0 Å². The van der Waals surface area contributed by atoms with E-state index in [1.807, 2.05) is 6.92 Å². The second kappa shape index (κ2) is 7.65. The monoisotopic (exact) mass is 283 g/mol. The summed E-state index contributed by atoms with van der Waals surface area (Å²) in [4.78, 5) is 26.2. The van der Waals surface area contributed by atoms with Gasteiger partial charge in [0.2, 0.25) is 5.91 Å². The maximum absolute atomic E-state index is 12.8. The smallest absolute Gasteiger partial charge is 0.329 e. The predicted molar refractivity (Wildman–Crippen MR) is 79.5 cm³/mol. The second-order valence-corrected chi connectivity index (χ2v) is 5.95. The zero-order valence-corrected chi connectivity index (χ0v) is 13.2. The molecule has 0 aromatic heterocycles. The SMILES string of the molecule is CCCC(CCC)C(=O)N1CCCC1(CCC)C(=O)O. The van der Waals surface area contributed by atoms with Crippen molar-refractivity contribution < 1.29 is 14.7 Å². The van der Waals surface area contributed by atoms with Crippen LogP contribution in [0.1, 0.15) is 72.1 Å². The third kappa shape index (κ3) is 3.33. The van der Waals surface area contributed by atoms with Gasteiger partial charge in [0.1, 0.15) is 5.54 Å². The number of amides is 1. The van der Waals surface area contributed by atoms with Gasteiger partial charge in [-0.1, -0.05) is 40.0 Å². The van der Waals surface area contributed by atoms with Crippen LogP contribution in [-0.2, 0) is 9.59 Å². The lowest BCUT2D eigenvalue weighted by Crippen LogP contribution is -2.54. The molecule has 1 aliphatic rings. The number of aliphatic carboxylic acids is 1. The molecule has 4 nitrogen and oxygen atoms in total. The molecule has 116 valence electrons. The second-order valence-electron chi connectivity index (χ2n) is 5.95. The molecule has 0 aromatic rings. The zero-order valence-electron chi connectivity index (χ0n) is 13.2. The first kappa shape index (κ1) is 17.0. The van der Waals surface area contributed by atoms with Crippen molar-refractivity contribution in [3.05, 3.63) is 0 Å². The van der Waals surface area contributed by atoms with Crippen LogP contribution in [-0.4, -0.2) is 34.0 Å². The minimum atomic E-state index is -0.939. The summed E-state index contributed by atoms with van der Waals surface area (Å²) in [6.45, 7) is 6.75. The quantitative estimate of drug-likeness (QED) is 0.742. The molecule has 1 rings (SSSR count). The van der Waals surface area contributed by atoms with E-state index in [0.29, 0.717) is 19.4 Å². The zero-order chi connectivity index (χ0) is 15.2. The van der Waals surface area contributed by atoms with Gasteiger partial charge in [-0.25, -0.2) is 4.79 Å². The van der Waals surface area contributed by atoms with Gasteiger partial charge in [0, 0.05) is 12.5 Å². The van der Waals surface area contributed by atoms with Crippen molar-refractivity contribution in [3.8, 4) is 0 Å². The van der Waals surface area contributed by atoms with Crippen molar-refractivity contribution in [3.63, 3.8) is 0 Å². The van der Waals surface area contributed by atoms with Gasteiger partial charge < -0.3 is 10.0 Å². The summed E-state index contributed by atoms with van der Waals surface area (Å²) in [6, 6.07) is 0. The average Bonchev–Trinajstić information content (AvgIpc) is 2.83. The maximum atomic E-state index is 12.8. The lowest BCUT2D eigenvalue weighted by molar-refractivity contribution is -0.159. The largest absolute Gasteiger partial charge is 0.479 e. The van der Waals surface area contributed by atoms with Crippen LogP contribution in [0.4, 0.5) is 0 Å². The highest BCUT2D eigenvalue weighted by Crippen LogP contribution is 2.36. The van der Waals surface area contributed by atoms with Crippen LogP contribution in [0.3, 0.4) is 0 Å². The number of hydrogen-bond donors (Lipinski definition) is 1. The Morgan fingerprint density at radius 1 is 1.15 bits per heavy atom. The minimum absolute atomic E-state index is 0.00122. The molecule has 1 saturated heterocycles.